The molecule has 0 fully saturated rings. The maximum atomic E-state index is 12.0. The molecule has 0 aliphatic carbocycles. The van der Waals surface area contributed by atoms with Crippen molar-refractivity contribution in [3.63, 3.8) is 0 Å². The van der Waals surface area contributed by atoms with Gasteiger partial charge in [-0.25, -0.2) is 9.59 Å². The summed E-state index contributed by atoms with van der Waals surface area (Å²) in [5.74, 6) is -1.70. The lowest BCUT2D eigenvalue weighted by Gasteiger charge is -2.09. The van der Waals surface area contributed by atoms with Crippen molar-refractivity contribution in [2.45, 2.75) is 6.54 Å². The molecule has 2 rings (SSSR count). The van der Waals surface area contributed by atoms with E-state index in [9.17, 15) is 14.4 Å². The third-order valence-corrected chi connectivity index (χ3v) is 3.16. The fourth-order valence-corrected chi connectivity index (χ4v) is 2.10. The topological polar surface area (TPSA) is 99.5 Å². The lowest BCUT2D eigenvalue weighted by Crippen LogP contribution is -2.19. The predicted molar refractivity (Wildman–Crippen MR) is 85.0 cm³/mol. The van der Waals surface area contributed by atoms with Gasteiger partial charge in [0.2, 0.25) is 5.91 Å². The first-order valence-corrected chi connectivity index (χ1v) is 7.10. The standard InChI is InChI=1S/C15H14ClN3O5/c1-23-14(21)9-3-10(15(22)24-2)5-12(4-9)18-13(20)8-19-7-11(16)6-17-19/h3-7H,8H2,1-2H3,(H,18,20). The minimum atomic E-state index is -0.643. The highest BCUT2D eigenvalue weighted by atomic mass is 35.5. The molecule has 0 spiro atoms. The summed E-state index contributed by atoms with van der Waals surface area (Å²) in [7, 11) is 2.43. The van der Waals surface area contributed by atoms with E-state index in [1.165, 1.54) is 49.5 Å². The zero-order chi connectivity index (χ0) is 17.7. The van der Waals surface area contributed by atoms with Gasteiger partial charge in [-0.2, -0.15) is 5.10 Å². The summed E-state index contributed by atoms with van der Waals surface area (Å²) in [6.45, 7) is -0.0806. The number of carbonyl (C=O) groups excluding carboxylic acids is 3. The van der Waals surface area contributed by atoms with Crippen LogP contribution < -0.4 is 5.32 Å². The molecule has 0 saturated heterocycles. The number of rotatable bonds is 5. The van der Waals surface area contributed by atoms with Crippen LogP contribution in [0.15, 0.2) is 30.6 Å². The number of halogens is 1. The van der Waals surface area contributed by atoms with Crippen molar-refractivity contribution in [2.75, 3.05) is 19.5 Å². The lowest BCUT2D eigenvalue weighted by molar-refractivity contribution is -0.116. The van der Waals surface area contributed by atoms with Gasteiger partial charge in [-0.3, -0.25) is 9.48 Å². The number of carbonyl (C=O) groups is 3. The first kappa shape index (κ1) is 17.5. The number of methoxy groups -OCH3 is 2. The molecule has 8 nitrogen and oxygen atoms in total. The zero-order valence-corrected chi connectivity index (χ0v) is 13.7. The molecule has 1 N–H and O–H groups in total. The first-order chi connectivity index (χ1) is 11.4. The number of esters is 2. The van der Waals surface area contributed by atoms with Crippen LogP contribution in [-0.2, 0) is 20.8 Å². The molecule has 1 aromatic carbocycles. The van der Waals surface area contributed by atoms with Crippen LogP contribution in [0.2, 0.25) is 5.02 Å². The Morgan fingerprint density at radius 1 is 1.12 bits per heavy atom. The predicted octanol–water partition coefficient (Wildman–Crippen LogP) is 1.75. The van der Waals surface area contributed by atoms with Crippen molar-refractivity contribution in [2.24, 2.45) is 0 Å². The zero-order valence-electron chi connectivity index (χ0n) is 12.9. The van der Waals surface area contributed by atoms with Crippen molar-refractivity contribution < 1.29 is 23.9 Å². The Bertz CT molecular complexity index is 753. The third kappa shape index (κ3) is 4.32. The normalized spacial score (nSPS) is 10.1. The van der Waals surface area contributed by atoms with E-state index in [1.54, 1.807) is 0 Å². The monoisotopic (exact) mass is 351 g/mol. The van der Waals surface area contributed by atoms with Gasteiger partial charge in [-0.1, -0.05) is 11.6 Å². The fraction of sp³-hybridized carbons (Fsp3) is 0.200. The molecule has 1 aromatic heterocycles. The Kier molecular flexibility index (Phi) is 5.54. The average molecular weight is 352 g/mol. The fourth-order valence-electron chi connectivity index (χ4n) is 1.94. The molecule has 9 heteroatoms. The molecular weight excluding hydrogens is 338 g/mol. The summed E-state index contributed by atoms with van der Waals surface area (Å²) in [6, 6.07) is 4.11. The first-order valence-electron chi connectivity index (χ1n) is 6.72. The lowest BCUT2D eigenvalue weighted by atomic mass is 10.1. The molecule has 0 aliphatic heterocycles. The number of amides is 1. The molecule has 0 aliphatic rings. The Balaban J connectivity index is 2.22. The Labute approximate surface area is 142 Å². The summed E-state index contributed by atoms with van der Waals surface area (Å²) in [6.07, 6.45) is 2.90. The Morgan fingerprint density at radius 3 is 2.17 bits per heavy atom. The van der Waals surface area contributed by atoms with Crippen molar-refractivity contribution in [3.8, 4) is 0 Å². The van der Waals surface area contributed by atoms with Crippen LogP contribution in [0.4, 0.5) is 5.69 Å². The highest BCUT2D eigenvalue weighted by molar-refractivity contribution is 6.30. The van der Waals surface area contributed by atoms with E-state index in [-0.39, 0.29) is 23.4 Å². The van der Waals surface area contributed by atoms with E-state index in [0.29, 0.717) is 5.02 Å². The highest BCUT2D eigenvalue weighted by Crippen LogP contribution is 2.17. The van der Waals surface area contributed by atoms with E-state index in [0.717, 1.165) is 0 Å². The number of nitrogens with zero attached hydrogens (tertiary/aromatic N) is 2. The summed E-state index contributed by atoms with van der Waals surface area (Å²) in [4.78, 5) is 35.4. The summed E-state index contributed by atoms with van der Waals surface area (Å²) in [5.41, 5.74) is 0.470. The van der Waals surface area contributed by atoms with E-state index in [4.69, 9.17) is 11.6 Å². The minimum Gasteiger partial charge on any atom is -0.465 e. The number of hydrogen-bond acceptors (Lipinski definition) is 6. The van der Waals surface area contributed by atoms with Gasteiger partial charge < -0.3 is 14.8 Å². The molecule has 0 atom stereocenters. The van der Waals surface area contributed by atoms with E-state index in [2.05, 4.69) is 19.9 Å². The largest absolute Gasteiger partial charge is 0.465 e. The van der Waals surface area contributed by atoms with Gasteiger partial charge in [0, 0.05) is 11.9 Å². The number of anilines is 1. The summed E-state index contributed by atoms with van der Waals surface area (Å²) in [5, 5.41) is 6.88. The molecule has 0 unspecified atom stereocenters. The molecule has 1 heterocycles. The van der Waals surface area contributed by atoms with Crippen LogP contribution in [0.25, 0.3) is 0 Å². The van der Waals surface area contributed by atoms with Crippen LogP contribution in [0.3, 0.4) is 0 Å². The van der Waals surface area contributed by atoms with Gasteiger partial charge in [-0.05, 0) is 18.2 Å². The van der Waals surface area contributed by atoms with Gasteiger partial charge in [0.25, 0.3) is 0 Å². The van der Waals surface area contributed by atoms with Gasteiger partial charge in [-0.15, -0.1) is 0 Å². The van der Waals surface area contributed by atoms with Crippen molar-refractivity contribution in [3.05, 3.63) is 46.7 Å². The molecular formula is C15H14ClN3O5. The van der Waals surface area contributed by atoms with Gasteiger partial charge in [0.15, 0.2) is 0 Å². The number of nitrogens with one attached hydrogen (secondary N) is 1. The number of hydrogen-bond donors (Lipinski definition) is 1. The summed E-state index contributed by atoms with van der Waals surface area (Å²) < 4.78 is 10.6. The molecule has 0 bridgehead atoms. The van der Waals surface area contributed by atoms with Crippen molar-refractivity contribution >= 4 is 35.1 Å². The maximum Gasteiger partial charge on any atom is 0.337 e. The number of ether oxygens (including phenoxy) is 2. The Hall–Kier alpha value is -2.87. The molecule has 2 aromatic rings. The molecule has 24 heavy (non-hydrogen) atoms. The molecule has 0 radical (unpaired) electrons. The SMILES string of the molecule is COC(=O)c1cc(NC(=O)Cn2cc(Cl)cn2)cc(C(=O)OC)c1. The van der Waals surface area contributed by atoms with Gasteiger partial charge >= 0.3 is 11.9 Å². The Morgan fingerprint density at radius 2 is 1.71 bits per heavy atom. The van der Waals surface area contributed by atoms with E-state index < -0.39 is 17.8 Å². The molecule has 1 amide bonds. The van der Waals surface area contributed by atoms with Gasteiger partial charge in [0.05, 0.1) is 36.6 Å². The van der Waals surface area contributed by atoms with E-state index >= 15 is 0 Å². The second-order valence-corrected chi connectivity index (χ2v) is 5.12. The van der Waals surface area contributed by atoms with Crippen LogP contribution in [-0.4, -0.2) is 41.8 Å². The average Bonchev–Trinajstić information content (AvgIpc) is 2.97. The smallest absolute Gasteiger partial charge is 0.337 e. The number of aromatic nitrogens is 2. The second kappa shape index (κ2) is 7.60. The second-order valence-electron chi connectivity index (χ2n) is 4.69. The summed E-state index contributed by atoms with van der Waals surface area (Å²) >= 11 is 5.73. The third-order valence-electron chi connectivity index (χ3n) is 2.97. The quantitative estimate of drug-likeness (QED) is 0.824. The molecule has 0 saturated carbocycles. The van der Waals surface area contributed by atoms with Crippen LogP contribution in [0.1, 0.15) is 20.7 Å². The maximum absolute atomic E-state index is 12.0. The van der Waals surface area contributed by atoms with Crippen LogP contribution in [0, 0.1) is 0 Å². The van der Waals surface area contributed by atoms with Crippen LogP contribution >= 0.6 is 11.6 Å². The van der Waals surface area contributed by atoms with E-state index in [1.807, 2.05) is 0 Å². The highest BCUT2D eigenvalue weighted by Gasteiger charge is 2.15. The van der Waals surface area contributed by atoms with Crippen molar-refractivity contribution in [1.82, 2.24) is 9.78 Å². The minimum absolute atomic E-state index is 0.0806. The molecule has 126 valence electrons. The van der Waals surface area contributed by atoms with Gasteiger partial charge in [0.1, 0.15) is 6.54 Å². The van der Waals surface area contributed by atoms with Crippen molar-refractivity contribution in [1.29, 1.82) is 0 Å². The number of benzene rings is 1. The van der Waals surface area contributed by atoms with Crippen LogP contribution in [0.5, 0.6) is 0 Å².